The molecule has 3 rings (SSSR count). The van der Waals surface area contributed by atoms with Gasteiger partial charge >= 0.3 is 0 Å². The Morgan fingerprint density at radius 2 is 1.65 bits per heavy atom. The number of amides is 1. The molecule has 1 aromatic heterocycles. The molecule has 1 N–H and O–H groups in total. The van der Waals surface area contributed by atoms with E-state index in [-0.39, 0.29) is 5.69 Å². The molecule has 0 radical (unpaired) electrons. The van der Waals surface area contributed by atoms with Gasteiger partial charge in [-0.05, 0) is 31.2 Å². The summed E-state index contributed by atoms with van der Waals surface area (Å²) in [7, 11) is 1.62. The van der Waals surface area contributed by atoms with E-state index in [0.29, 0.717) is 17.4 Å². The monoisotopic (exact) mass is 361 g/mol. The number of para-hydroxylation sites is 1. The lowest BCUT2D eigenvalue weighted by atomic mass is 10.2. The van der Waals surface area contributed by atoms with Gasteiger partial charge in [0.15, 0.2) is 17.5 Å². The van der Waals surface area contributed by atoms with Crippen molar-refractivity contribution in [2.24, 2.45) is 7.05 Å². The Balaban J connectivity index is 2.03. The Kier molecular flexibility index (Phi) is 4.41. The third-order valence-corrected chi connectivity index (χ3v) is 4.07. The number of anilines is 1. The van der Waals surface area contributed by atoms with Crippen molar-refractivity contribution in [2.75, 3.05) is 5.32 Å². The molecule has 5 nitrogen and oxygen atoms in total. The van der Waals surface area contributed by atoms with Gasteiger partial charge in [0.25, 0.3) is 11.5 Å². The van der Waals surface area contributed by atoms with E-state index in [9.17, 15) is 22.8 Å². The summed E-state index contributed by atoms with van der Waals surface area (Å²) >= 11 is 0. The number of nitrogens with zero attached hydrogens (tertiary/aromatic N) is 2. The molecular weight excluding hydrogens is 347 g/mol. The van der Waals surface area contributed by atoms with Crippen molar-refractivity contribution in [3.05, 3.63) is 81.5 Å². The average molecular weight is 361 g/mol. The number of carbonyl (C=O) groups excluding carboxylic acids is 1. The van der Waals surface area contributed by atoms with Crippen LogP contribution in [0.5, 0.6) is 0 Å². The maximum absolute atomic E-state index is 13.8. The highest BCUT2D eigenvalue weighted by molar-refractivity contribution is 6.04. The number of benzene rings is 2. The van der Waals surface area contributed by atoms with E-state index in [1.165, 1.54) is 9.36 Å². The second-order valence-corrected chi connectivity index (χ2v) is 5.61. The van der Waals surface area contributed by atoms with Crippen LogP contribution in [0.25, 0.3) is 5.69 Å². The van der Waals surface area contributed by atoms with Gasteiger partial charge in [0, 0.05) is 7.05 Å². The molecular formula is C18H14F3N3O2. The van der Waals surface area contributed by atoms with E-state index in [1.807, 2.05) is 0 Å². The van der Waals surface area contributed by atoms with Gasteiger partial charge < -0.3 is 5.32 Å². The van der Waals surface area contributed by atoms with Crippen LogP contribution in [0, 0.1) is 24.4 Å². The van der Waals surface area contributed by atoms with Crippen molar-refractivity contribution in [3.8, 4) is 5.69 Å². The highest BCUT2D eigenvalue weighted by atomic mass is 19.2. The predicted molar refractivity (Wildman–Crippen MR) is 90.0 cm³/mol. The Morgan fingerprint density at radius 3 is 2.31 bits per heavy atom. The Morgan fingerprint density at radius 1 is 1.00 bits per heavy atom. The van der Waals surface area contributed by atoms with Gasteiger partial charge in [0.1, 0.15) is 5.69 Å². The van der Waals surface area contributed by atoms with Crippen LogP contribution in [0.3, 0.4) is 0 Å². The fourth-order valence-electron chi connectivity index (χ4n) is 2.59. The number of nitrogens with one attached hydrogen (secondary N) is 1. The summed E-state index contributed by atoms with van der Waals surface area (Å²) in [5.74, 6) is -5.81. The molecule has 0 spiro atoms. The lowest BCUT2D eigenvalue weighted by Gasteiger charge is -2.07. The van der Waals surface area contributed by atoms with Crippen LogP contribution in [-0.4, -0.2) is 15.3 Å². The topological polar surface area (TPSA) is 56.0 Å². The van der Waals surface area contributed by atoms with Crippen LogP contribution < -0.4 is 10.9 Å². The molecule has 0 aliphatic carbocycles. The molecule has 0 saturated carbocycles. The number of carbonyl (C=O) groups is 1. The Labute approximate surface area is 146 Å². The van der Waals surface area contributed by atoms with Crippen molar-refractivity contribution in [1.29, 1.82) is 0 Å². The van der Waals surface area contributed by atoms with E-state index < -0.39 is 34.5 Å². The lowest BCUT2D eigenvalue weighted by molar-refractivity contribution is 0.102. The largest absolute Gasteiger partial charge is 0.316 e. The van der Waals surface area contributed by atoms with E-state index in [1.54, 1.807) is 44.3 Å². The summed E-state index contributed by atoms with van der Waals surface area (Å²) in [4.78, 5) is 24.9. The first-order chi connectivity index (χ1) is 12.3. The molecule has 26 heavy (non-hydrogen) atoms. The van der Waals surface area contributed by atoms with Crippen LogP contribution in [0.4, 0.5) is 18.9 Å². The number of hydrogen-bond donors (Lipinski definition) is 1. The minimum absolute atomic E-state index is 0.0783. The summed E-state index contributed by atoms with van der Waals surface area (Å²) in [6, 6.07) is 10.2. The zero-order valence-electron chi connectivity index (χ0n) is 13.9. The number of aromatic nitrogens is 2. The van der Waals surface area contributed by atoms with E-state index in [2.05, 4.69) is 5.32 Å². The first-order valence-electron chi connectivity index (χ1n) is 7.61. The molecule has 0 saturated heterocycles. The summed E-state index contributed by atoms with van der Waals surface area (Å²) in [5, 5.41) is 2.29. The van der Waals surface area contributed by atoms with Gasteiger partial charge in [-0.15, -0.1) is 0 Å². The zero-order chi connectivity index (χ0) is 19.0. The van der Waals surface area contributed by atoms with E-state index >= 15 is 0 Å². The summed E-state index contributed by atoms with van der Waals surface area (Å²) < 4.78 is 43.0. The molecule has 134 valence electrons. The van der Waals surface area contributed by atoms with Crippen LogP contribution in [0.2, 0.25) is 0 Å². The zero-order valence-corrected chi connectivity index (χ0v) is 13.9. The van der Waals surface area contributed by atoms with Crippen molar-refractivity contribution in [3.63, 3.8) is 0 Å². The van der Waals surface area contributed by atoms with Gasteiger partial charge in [0.2, 0.25) is 0 Å². The molecule has 0 bridgehead atoms. The fraction of sp³-hybridized carbons (Fsp3) is 0.111. The van der Waals surface area contributed by atoms with Gasteiger partial charge in [-0.25, -0.2) is 17.9 Å². The normalized spacial score (nSPS) is 10.8. The van der Waals surface area contributed by atoms with Gasteiger partial charge in [-0.2, -0.15) is 0 Å². The molecule has 0 fully saturated rings. The predicted octanol–water partition coefficient (Wildman–Crippen LogP) is 3.15. The standard InChI is InChI=1S/C18H14F3N3O2/c1-10-16(18(26)24(23(10)2)11-6-4-3-5-7-11)22-17(25)12-8-9-13(19)15(21)14(12)20/h3-9H,1-2H3,(H,22,25). The van der Waals surface area contributed by atoms with E-state index in [0.717, 1.165) is 6.07 Å². The SMILES string of the molecule is Cc1c(NC(=O)c2ccc(F)c(F)c2F)c(=O)n(-c2ccccc2)n1C. The van der Waals surface area contributed by atoms with Crippen LogP contribution >= 0.6 is 0 Å². The maximum Gasteiger partial charge on any atom is 0.295 e. The molecule has 8 heteroatoms. The number of hydrogen-bond acceptors (Lipinski definition) is 2. The highest BCUT2D eigenvalue weighted by Gasteiger charge is 2.22. The number of rotatable bonds is 3. The first kappa shape index (κ1) is 17.5. The van der Waals surface area contributed by atoms with E-state index in [4.69, 9.17) is 0 Å². The summed E-state index contributed by atoms with van der Waals surface area (Å²) in [6.45, 7) is 1.60. The minimum atomic E-state index is -1.75. The number of halogens is 3. The second kappa shape index (κ2) is 6.55. The maximum atomic E-state index is 13.8. The summed E-state index contributed by atoms with van der Waals surface area (Å²) in [5.41, 5.74) is -0.325. The molecule has 0 atom stereocenters. The quantitative estimate of drug-likeness (QED) is 0.729. The third kappa shape index (κ3) is 2.79. The molecule has 0 aliphatic heterocycles. The summed E-state index contributed by atoms with van der Waals surface area (Å²) in [6.07, 6.45) is 0. The van der Waals surface area contributed by atoms with Gasteiger partial charge in [-0.3, -0.25) is 14.3 Å². The molecule has 2 aromatic carbocycles. The average Bonchev–Trinajstić information content (AvgIpc) is 2.84. The first-order valence-corrected chi connectivity index (χ1v) is 7.61. The third-order valence-electron chi connectivity index (χ3n) is 4.07. The molecule has 1 heterocycles. The molecule has 0 aliphatic rings. The van der Waals surface area contributed by atoms with Crippen molar-refractivity contribution >= 4 is 11.6 Å². The fourth-order valence-corrected chi connectivity index (χ4v) is 2.59. The van der Waals surface area contributed by atoms with Crippen LogP contribution in [0.1, 0.15) is 16.1 Å². The Hall–Kier alpha value is -3.29. The molecule has 1 amide bonds. The highest BCUT2D eigenvalue weighted by Crippen LogP contribution is 2.18. The van der Waals surface area contributed by atoms with Gasteiger partial charge in [-0.1, -0.05) is 18.2 Å². The molecule has 0 unspecified atom stereocenters. The molecule has 3 aromatic rings. The van der Waals surface area contributed by atoms with Crippen molar-refractivity contribution in [2.45, 2.75) is 6.92 Å². The Bertz CT molecular complexity index is 1060. The smallest absolute Gasteiger partial charge is 0.295 e. The van der Waals surface area contributed by atoms with Crippen molar-refractivity contribution in [1.82, 2.24) is 9.36 Å². The van der Waals surface area contributed by atoms with Gasteiger partial charge in [0.05, 0.1) is 16.9 Å². The second-order valence-electron chi connectivity index (χ2n) is 5.61. The van der Waals surface area contributed by atoms with Crippen LogP contribution in [0.15, 0.2) is 47.3 Å². The minimum Gasteiger partial charge on any atom is -0.316 e. The lowest BCUT2D eigenvalue weighted by Crippen LogP contribution is -2.23. The van der Waals surface area contributed by atoms with Crippen molar-refractivity contribution < 1.29 is 18.0 Å². The van der Waals surface area contributed by atoms with Crippen LogP contribution in [-0.2, 0) is 7.05 Å².